The minimum absolute atomic E-state index is 0.0478. The molecule has 0 N–H and O–H groups in total. The third-order valence-corrected chi connectivity index (χ3v) is 16.0. The van der Waals surface area contributed by atoms with Crippen molar-refractivity contribution in [3.05, 3.63) is 154 Å². The zero-order chi connectivity index (χ0) is 41.2. The Morgan fingerprint density at radius 3 is 1.12 bits per heavy atom. The first-order valence-electron chi connectivity index (χ1n) is 20.5. The third kappa shape index (κ3) is 8.90. The smallest absolute Gasteiger partial charge is 0.243 e. The number of benzene rings is 4. The van der Waals surface area contributed by atoms with E-state index in [1.807, 2.05) is 100 Å². The van der Waals surface area contributed by atoms with Gasteiger partial charge < -0.3 is 0 Å². The maximum absolute atomic E-state index is 13.4. The average Bonchev–Trinajstić information content (AvgIpc) is 3.23. The van der Waals surface area contributed by atoms with Crippen molar-refractivity contribution in [3.63, 3.8) is 0 Å². The van der Waals surface area contributed by atoms with Gasteiger partial charge in [0, 0.05) is 49.1 Å². The molecule has 4 aromatic rings. The van der Waals surface area contributed by atoms with E-state index in [1.165, 1.54) is 8.61 Å². The zero-order valence-corrected chi connectivity index (χ0v) is 35.6. The van der Waals surface area contributed by atoms with Crippen molar-refractivity contribution in [1.29, 1.82) is 0 Å². The Labute approximate surface area is 344 Å². The lowest BCUT2D eigenvalue weighted by molar-refractivity contribution is 0.0821. The predicted molar refractivity (Wildman–Crippen MR) is 229 cm³/mol. The van der Waals surface area contributed by atoms with Crippen molar-refractivity contribution >= 4 is 31.6 Å². The number of hydrogen-bond acceptors (Lipinski definition) is 6. The summed E-state index contributed by atoms with van der Waals surface area (Å²) >= 11 is 0. The first-order valence-corrected chi connectivity index (χ1v) is 23.3. The SMILES string of the molecule is Cc1ccc(C(=O)[C@@H]2CN(S(=O)(=O)c3ccc(C)cc3)CC3=CCCC[C@H]32)cc1.Cc1ccc(C(=O)[C@H]2CN(S(=O)(=O)c3ccc(C)cc3)CC3=CCCC[C@@H]32)cc1. The van der Waals surface area contributed by atoms with Crippen molar-refractivity contribution in [3.8, 4) is 0 Å². The summed E-state index contributed by atoms with van der Waals surface area (Å²) < 4.78 is 56.2. The molecule has 0 bridgehead atoms. The molecular weight excluding hydrogens is 765 g/mol. The van der Waals surface area contributed by atoms with Gasteiger partial charge in [-0.2, -0.15) is 8.61 Å². The fourth-order valence-corrected chi connectivity index (χ4v) is 11.8. The van der Waals surface area contributed by atoms with Crippen LogP contribution in [0.5, 0.6) is 0 Å². The van der Waals surface area contributed by atoms with Gasteiger partial charge in [-0.15, -0.1) is 0 Å². The molecule has 304 valence electrons. The van der Waals surface area contributed by atoms with Crippen LogP contribution in [-0.4, -0.2) is 63.2 Å². The topological polar surface area (TPSA) is 109 Å². The Morgan fingerprint density at radius 2 is 0.793 bits per heavy atom. The molecule has 0 aromatic heterocycles. The van der Waals surface area contributed by atoms with E-state index in [9.17, 15) is 26.4 Å². The molecule has 4 aliphatic rings. The molecule has 4 atom stereocenters. The number of Topliss-reactive ketones (excluding diaryl/α,β-unsaturated/α-hetero) is 2. The number of nitrogens with zero attached hydrogens (tertiary/aromatic N) is 2. The standard InChI is InChI=1S/2C24H27NO3S/c2*1-17-7-11-19(12-8-17)24(26)23-16-25(15-20-5-3-4-6-22(20)23)29(27,28)21-13-9-18(2)10-14-21/h2*5,7-14,22-23H,3-4,6,15-16H2,1-2H3/t2*22-,23-/m10/s1. The molecule has 4 aromatic carbocycles. The third-order valence-electron chi connectivity index (χ3n) is 12.4. The Kier molecular flexibility index (Phi) is 12.5. The van der Waals surface area contributed by atoms with Gasteiger partial charge in [-0.1, -0.05) is 118 Å². The fraction of sp³-hybridized carbons (Fsp3) is 0.375. The molecule has 8 rings (SSSR count). The summed E-state index contributed by atoms with van der Waals surface area (Å²) in [7, 11) is -7.29. The van der Waals surface area contributed by atoms with Crippen molar-refractivity contribution in [2.24, 2.45) is 23.7 Å². The Hall–Kier alpha value is -4.48. The number of allylic oxidation sites excluding steroid dienone is 2. The first kappa shape index (κ1) is 41.7. The molecule has 0 unspecified atom stereocenters. The van der Waals surface area contributed by atoms with Gasteiger partial charge in [0.15, 0.2) is 11.6 Å². The number of carbonyl (C=O) groups is 2. The molecule has 0 saturated carbocycles. The molecule has 8 nitrogen and oxygen atoms in total. The summed E-state index contributed by atoms with van der Waals surface area (Å²) in [5.74, 6) is -0.293. The molecule has 2 saturated heterocycles. The van der Waals surface area contributed by atoms with Crippen molar-refractivity contribution in [1.82, 2.24) is 8.61 Å². The summed E-state index contributed by atoms with van der Waals surface area (Å²) in [6, 6.07) is 29.1. The Morgan fingerprint density at radius 1 is 0.483 bits per heavy atom. The van der Waals surface area contributed by atoms with Crippen LogP contribution in [0.4, 0.5) is 0 Å². The van der Waals surface area contributed by atoms with Crippen molar-refractivity contribution in [2.75, 3.05) is 26.2 Å². The van der Waals surface area contributed by atoms with Gasteiger partial charge in [0.25, 0.3) is 0 Å². The van der Waals surface area contributed by atoms with E-state index in [0.717, 1.165) is 71.9 Å². The van der Waals surface area contributed by atoms with Crippen LogP contribution < -0.4 is 0 Å². The number of ketones is 2. The molecule has 2 aliphatic heterocycles. The lowest BCUT2D eigenvalue weighted by Crippen LogP contribution is -2.48. The van der Waals surface area contributed by atoms with Crippen LogP contribution in [0.2, 0.25) is 0 Å². The maximum atomic E-state index is 13.4. The highest BCUT2D eigenvalue weighted by Gasteiger charge is 2.43. The van der Waals surface area contributed by atoms with Crippen LogP contribution in [0.1, 0.15) is 81.5 Å². The maximum Gasteiger partial charge on any atom is 0.243 e. The number of aryl methyl sites for hydroxylation is 4. The van der Waals surface area contributed by atoms with Crippen LogP contribution in [-0.2, 0) is 20.0 Å². The van der Waals surface area contributed by atoms with Crippen LogP contribution >= 0.6 is 0 Å². The average molecular weight is 819 g/mol. The normalized spacial score (nSPS) is 22.6. The van der Waals surface area contributed by atoms with Gasteiger partial charge in [0.2, 0.25) is 20.0 Å². The Bertz CT molecular complexity index is 2250. The van der Waals surface area contributed by atoms with E-state index in [2.05, 4.69) is 12.2 Å². The molecule has 2 heterocycles. The molecular formula is C48H54N2O6S2. The summed E-state index contributed by atoms with van der Waals surface area (Å²) in [4.78, 5) is 27.3. The van der Waals surface area contributed by atoms with Gasteiger partial charge in [0.05, 0.1) is 9.79 Å². The highest BCUT2D eigenvalue weighted by molar-refractivity contribution is 7.89. The molecule has 58 heavy (non-hydrogen) atoms. The highest BCUT2D eigenvalue weighted by atomic mass is 32.2. The molecule has 0 spiro atoms. The van der Waals surface area contributed by atoms with E-state index in [4.69, 9.17) is 0 Å². The van der Waals surface area contributed by atoms with Gasteiger partial charge >= 0.3 is 0 Å². The van der Waals surface area contributed by atoms with Crippen LogP contribution in [0.15, 0.2) is 130 Å². The Balaban J connectivity index is 0.000000177. The lowest BCUT2D eigenvalue weighted by atomic mass is 9.73. The molecule has 0 radical (unpaired) electrons. The van der Waals surface area contributed by atoms with Crippen LogP contribution in [0.3, 0.4) is 0 Å². The number of fused-ring (bicyclic) bond motifs is 2. The van der Waals surface area contributed by atoms with E-state index >= 15 is 0 Å². The summed E-state index contributed by atoms with van der Waals surface area (Å²) in [5.41, 5.74) is 7.78. The fourth-order valence-electron chi connectivity index (χ4n) is 8.92. The summed E-state index contributed by atoms with van der Waals surface area (Å²) in [6.07, 6.45) is 10.2. The summed E-state index contributed by atoms with van der Waals surface area (Å²) in [6.45, 7) is 9.11. The zero-order valence-electron chi connectivity index (χ0n) is 33.9. The van der Waals surface area contributed by atoms with Gasteiger partial charge in [-0.25, -0.2) is 16.8 Å². The number of hydrogen-bond donors (Lipinski definition) is 0. The molecule has 2 aliphatic carbocycles. The van der Waals surface area contributed by atoms with Gasteiger partial charge in [0.1, 0.15) is 0 Å². The van der Waals surface area contributed by atoms with E-state index < -0.39 is 20.0 Å². The number of carbonyl (C=O) groups excluding carboxylic acids is 2. The number of piperidine rings is 2. The van der Waals surface area contributed by atoms with E-state index in [0.29, 0.717) is 34.0 Å². The second kappa shape index (κ2) is 17.4. The summed E-state index contributed by atoms with van der Waals surface area (Å²) in [5, 5.41) is 0. The largest absolute Gasteiger partial charge is 0.294 e. The van der Waals surface area contributed by atoms with Crippen molar-refractivity contribution < 1.29 is 26.4 Å². The van der Waals surface area contributed by atoms with Crippen LogP contribution in [0.25, 0.3) is 0 Å². The van der Waals surface area contributed by atoms with Crippen molar-refractivity contribution in [2.45, 2.75) is 76.0 Å². The van der Waals surface area contributed by atoms with E-state index in [-0.39, 0.29) is 48.3 Å². The minimum atomic E-state index is -3.64. The van der Waals surface area contributed by atoms with Crippen LogP contribution in [0, 0.1) is 51.4 Å². The molecule has 10 heteroatoms. The lowest BCUT2D eigenvalue weighted by Gasteiger charge is -2.41. The monoisotopic (exact) mass is 818 g/mol. The molecule has 0 amide bonds. The van der Waals surface area contributed by atoms with Gasteiger partial charge in [-0.3, -0.25) is 9.59 Å². The highest BCUT2D eigenvalue weighted by Crippen LogP contribution is 2.41. The first-order chi connectivity index (χ1) is 27.7. The predicted octanol–water partition coefficient (Wildman–Crippen LogP) is 9.07. The quantitative estimate of drug-likeness (QED) is 0.130. The minimum Gasteiger partial charge on any atom is -0.294 e. The number of sulfonamides is 2. The number of rotatable bonds is 8. The van der Waals surface area contributed by atoms with Gasteiger partial charge in [-0.05, 0) is 102 Å². The second-order valence-electron chi connectivity index (χ2n) is 16.5. The molecule has 2 fully saturated rings. The second-order valence-corrected chi connectivity index (χ2v) is 20.4. The van der Waals surface area contributed by atoms with E-state index in [1.54, 1.807) is 24.3 Å².